The van der Waals surface area contributed by atoms with Crippen molar-refractivity contribution in [1.82, 2.24) is 0 Å². The zero-order chi connectivity index (χ0) is 16.5. The van der Waals surface area contributed by atoms with Gasteiger partial charge in [-0.05, 0) is 19.3 Å². The summed E-state index contributed by atoms with van der Waals surface area (Å²) in [7, 11) is 0. The first-order chi connectivity index (χ1) is 10.7. The highest BCUT2D eigenvalue weighted by molar-refractivity contribution is 5.66. The Kier molecular flexibility index (Phi) is 15.7. The fourth-order valence-corrected chi connectivity index (χ4v) is 2.77. The van der Waals surface area contributed by atoms with Crippen molar-refractivity contribution in [2.75, 3.05) is 0 Å². The lowest BCUT2D eigenvalue weighted by molar-refractivity contribution is -0.137. The SMILES string of the molecule is CCCCCCCCC(CCCCCCCCC(=O)O)N=O. The van der Waals surface area contributed by atoms with E-state index in [1.54, 1.807) is 0 Å². The van der Waals surface area contributed by atoms with Gasteiger partial charge >= 0.3 is 5.97 Å². The second kappa shape index (κ2) is 16.4. The minimum Gasteiger partial charge on any atom is -0.481 e. The van der Waals surface area contributed by atoms with Gasteiger partial charge < -0.3 is 5.11 Å². The fourth-order valence-electron chi connectivity index (χ4n) is 2.77. The van der Waals surface area contributed by atoms with Crippen LogP contribution in [0.5, 0.6) is 0 Å². The molecule has 130 valence electrons. The molecule has 22 heavy (non-hydrogen) atoms. The van der Waals surface area contributed by atoms with Gasteiger partial charge in [-0.1, -0.05) is 82.7 Å². The number of nitrogens with zero attached hydrogens (tertiary/aromatic N) is 1. The normalized spacial score (nSPS) is 12.2. The molecule has 0 heterocycles. The van der Waals surface area contributed by atoms with E-state index in [9.17, 15) is 9.70 Å². The predicted molar refractivity (Wildman–Crippen MR) is 92.1 cm³/mol. The van der Waals surface area contributed by atoms with Crippen LogP contribution in [0.1, 0.15) is 103 Å². The summed E-state index contributed by atoms with van der Waals surface area (Å²) in [6, 6.07) is 0.0122. The van der Waals surface area contributed by atoms with Crippen LogP contribution in [0.4, 0.5) is 0 Å². The molecule has 0 aromatic heterocycles. The first-order valence-electron chi connectivity index (χ1n) is 9.25. The standard InChI is InChI=1S/C18H35NO3/c1-2-3-4-5-8-11-14-17(19-22)15-12-9-6-7-10-13-16-18(20)21/h17H,2-16H2,1H3,(H,20,21). The van der Waals surface area contributed by atoms with E-state index < -0.39 is 5.97 Å². The molecule has 0 aromatic rings. The molecule has 0 radical (unpaired) electrons. The highest BCUT2D eigenvalue weighted by atomic mass is 16.4. The summed E-state index contributed by atoms with van der Waals surface area (Å²) >= 11 is 0. The molecule has 0 aliphatic rings. The van der Waals surface area contributed by atoms with Crippen LogP contribution in [0.2, 0.25) is 0 Å². The van der Waals surface area contributed by atoms with Gasteiger partial charge in [0.15, 0.2) is 0 Å². The molecule has 4 nitrogen and oxygen atoms in total. The Morgan fingerprint density at radius 2 is 1.27 bits per heavy atom. The molecule has 4 heteroatoms. The molecule has 0 saturated heterocycles. The van der Waals surface area contributed by atoms with Gasteiger partial charge in [0.25, 0.3) is 0 Å². The third-order valence-electron chi connectivity index (χ3n) is 4.22. The van der Waals surface area contributed by atoms with Gasteiger partial charge in [-0.2, -0.15) is 4.91 Å². The summed E-state index contributed by atoms with van der Waals surface area (Å²) in [5.74, 6) is -0.699. The second-order valence-corrected chi connectivity index (χ2v) is 6.37. The van der Waals surface area contributed by atoms with Gasteiger partial charge in [0.1, 0.15) is 0 Å². The summed E-state index contributed by atoms with van der Waals surface area (Å²) in [6.45, 7) is 2.22. The molecule has 0 amide bonds. The first kappa shape index (κ1) is 21.1. The molecule has 0 saturated carbocycles. The number of carboxylic acid groups (broad SMARTS) is 1. The first-order valence-corrected chi connectivity index (χ1v) is 9.25. The van der Waals surface area contributed by atoms with Gasteiger partial charge in [0.05, 0.1) is 6.04 Å². The number of hydrogen-bond acceptors (Lipinski definition) is 3. The smallest absolute Gasteiger partial charge is 0.303 e. The van der Waals surface area contributed by atoms with E-state index in [4.69, 9.17) is 5.11 Å². The lowest BCUT2D eigenvalue weighted by Crippen LogP contribution is -2.03. The van der Waals surface area contributed by atoms with Gasteiger partial charge in [0.2, 0.25) is 0 Å². The molecule has 0 aliphatic carbocycles. The van der Waals surface area contributed by atoms with Crippen LogP contribution in [0.3, 0.4) is 0 Å². The Bertz CT molecular complexity index is 269. The van der Waals surface area contributed by atoms with E-state index in [0.717, 1.165) is 57.8 Å². The van der Waals surface area contributed by atoms with Crippen molar-refractivity contribution in [2.24, 2.45) is 5.18 Å². The van der Waals surface area contributed by atoms with Crippen LogP contribution in [0.25, 0.3) is 0 Å². The minimum absolute atomic E-state index is 0.0122. The number of rotatable bonds is 17. The summed E-state index contributed by atoms with van der Waals surface area (Å²) in [5, 5.41) is 11.8. The van der Waals surface area contributed by atoms with Crippen molar-refractivity contribution < 1.29 is 9.90 Å². The van der Waals surface area contributed by atoms with E-state index in [0.29, 0.717) is 0 Å². The van der Waals surface area contributed by atoms with Gasteiger partial charge in [-0.3, -0.25) is 4.79 Å². The van der Waals surface area contributed by atoms with Crippen molar-refractivity contribution >= 4 is 5.97 Å². The average Bonchev–Trinajstić information content (AvgIpc) is 2.50. The molecule has 1 N–H and O–H groups in total. The van der Waals surface area contributed by atoms with E-state index in [2.05, 4.69) is 12.1 Å². The summed E-state index contributed by atoms with van der Waals surface area (Å²) in [4.78, 5) is 21.2. The molecule has 1 atom stereocenters. The van der Waals surface area contributed by atoms with Crippen LogP contribution >= 0.6 is 0 Å². The van der Waals surface area contributed by atoms with Crippen LogP contribution in [-0.4, -0.2) is 17.1 Å². The monoisotopic (exact) mass is 313 g/mol. The van der Waals surface area contributed by atoms with E-state index in [1.165, 1.54) is 32.1 Å². The maximum Gasteiger partial charge on any atom is 0.303 e. The molecule has 0 spiro atoms. The third-order valence-corrected chi connectivity index (χ3v) is 4.22. The number of carboxylic acids is 1. The molecule has 0 fully saturated rings. The minimum atomic E-state index is -0.699. The Morgan fingerprint density at radius 3 is 1.73 bits per heavy atom. The van der Waals surface area contributed by atoms with Gasteiger partial charge in [-0.15, -0.1) is 0 Å². The number of nitroso groups, excluding NO2 is 1. The summed E-state index contributed by atoms with van der Waals surface area (Å²) in [6.07, 6.45) is 16.0. The summed E-state index contributed by atoms with van der Waals surface area (Å²) < 4.78 is 0. The Balaban J connectivity index is 3.35. The highest BCUT2D eigenvalue weighted by Gasteiger charge is 2.07. The molecule has 0 rings (SSSR count). The largest absolute Gasteiger partial charge is 0.481 e. The zero-order valence-corrected chi connectivity index (χ0v) is 14.4. The van der Waals surface area contributed by atoms with E-state index in [-0.39, 0.29) is 12.5 Å². The van der Waals surface area contributed by atoms with Crippen molar-refractivity contribution in [1.29, 1.82) is 0 Å². The quantitative estimate of drug-likeness (QED) is 0.261. The average molecular weight is 313 g/mol. The van der Waals surface area contributed by atoms with E-state index in [1.807, 2.05) is 0 Å². The van der Waals surface area contributed by atoms with Crippen molar-refractivity contribution in [3.63, 3.8) is 0 Å². The number of hydrogen-bond donors (Lipinski definition) is 1. The van der Waals surface area contributed by atoms with Crippen LogP contribution in [-0.2, 0) is 4.79 Å². The van der Waals surface area contributed by atoms with E-state index >= 15 is 0 Å². The Hall–Kier alpha value is -0.930. The zero-order valence-electron chi connectivity index (χ0n) is 14.4. The molecular formula is C18H35NO3. The molecule has 0 bridgehead atoms. The predicted octanol–water partition coefficient (Wildman–Crippen LogP) is 6.08. The van der Waals surface area contributed by atoms with Crippen molar-refractivity contribution in [2.45, 2.75) is 109 Å². The van der Waals surface area contributed by atoms with Crippen molar-refractivity contribution in [3.05, 3.63) is 4.91 Å². The van der Waals surface area contributed by atoms with Crippen LogP contribution in [0, 0.1) is 4.91 Å². The Labute approximate surface area is 136 Å². The molecule has 0 aliphatic heterocycles. The fraction of sp³-hybridized carbons (Fsp3) is 0.944. The number of aliphatic carboxylic acids is 1. The lowest BCUT2D eigenvalue weighted by Gasteiger charge is -2.08. The van der Waals surface area contributed by atoms with Crippen LogP contribution in [0.15, 0.2) is 5.18 Å². The molecular weight excluding hydrogens is 278 g/mol. The summed E-state index contributed by atoms with van der Waals surface area (Å²) in [5.41, 5.74) is 0. The number of unbranched alkanes of at least 4 members (excludes halogenated alkanes) is 10. The van der Waals surface area contributed by atoms with Crippen molar-refractivity contribution in [3.8, 4) is 0 Å². The maximum atomic E-state index is 10.8. The van der Waals surface area contributed by atoms with Gasteiger partial charge in [0, 0.05) is 6.42 Å². The second-order valence-electron chi connectivity index (χ2n) is 6.37. The third kappa shape index (κ3) is 15.5. The van der Waals surface area contributed by atoms with Crippen LogP contribution < -0.4 is 0 Å². The maximum absolute atomic E-state index is 10.8. The molecule has 0 aromatic carbocycles. The number of carbonyl (C=O) groups is 1. The highest BCUT2D eigenvalue weighted by Crippen LogP contribution is 2.16. The molecule has 1 unspecified atom stereocenters. The van der Waals surface area contributed by atoms with Gasteiger partial charge in [-0.25, -0.2) is 0 Å². The Morgan fingerprint density at radius 1 is 0.818 bits per heavy atom. The lowest BCUT2D eigenvalue weighted by atomic mass is 10.0. The topological polar surface area (TPSA) is 66.7 Å².